The van der Waals surface area contributed by atoms with E-state index < -0.39 is 10.5 Å². The Balaban J connectivity index is 2.36. The topological polar surface area (TPSA) is 129 Å². The molecule has 0 radical (unpaired) electrons. The predicted molar refractivity (Wildman–Crippen MR) is 74.0 cm³/mol. The lowest BCUT2D eigenvalue weighted by Crippen LogP contribution is -2.22. The van der Waals surface area contributed by atoms with Crippen molar-refractivity contribution in [2.45, 2.75) is 6.54 Å². The van der Waals surface area contributed by atoms with Crippen LogP contribution in [-0.2, 0) is 6.54 Å². The third-order valence-corrected chi connectivity index (χ3v) is 2.99. The summed E-state index contributed by atoms with van der Waals surface area (Å²) < 4.78 is 1.29. The molecule has 2 aromatic rings. The molecule has 0 aromatic carbocycles. The first-order valence-electron chi connectivity index (χ1n) is 5.33. The summed E-state index contributed by atoms with van der Waals surface area (Å²) in [4.78, 5) is 30.1. The van der Waals surface area contributed by atoms with Gasteiger partial charge < -0.3 is 9.99 Å². The van der Waals surface area contributed by atoms with Gasteiger partial charge in [0.25, 0.3) is 11.2 Å². The molecule has 0 atom stereocenters. The number of nitrogens with two attached hydrogens (primary N) is 1. The van der Waals surface area contributed by atoms with Crippen molar-refractivity contribution in [2.75, 3.05) is 5.43 Å². The van der Waals surface area contributed by atoms with Gasteiger partial charge in [-0.3, -0.25) is 19.9 Å². The van der Waals surface area contributed by atoms with E-state index in [1.807, 2.05) is 0 Å². The van der Waals surface area contributed by atoms with Gasteiger partial charge in [0.1, 0.15) is 0 Å². The molecule has 0 aliphatic heterocycles. The highest BCUT2D eigenvalue weighted by Crippen LogP contribution is 2.14. The van der Waals surface area contributed by atoms with Gasteiger partial charge in [0.15, 0.2) is 5.82 Å². The van der Waals surface area contributed by atoms with Gasteiger partial charge in [-0.1, -0.05) is 0 Å². The van der Waals surface area contributed by atoms with E-state index in [9.17, 15) is 14.9 Å². The van der Waals surface area contributed by atoms with Crippen LogP contribution in [0.5, 0.6) is 0 Å². The summed E-state index contributed by atoms with van der Waals surface area (Å²) >= 11 is 3.00. The second-order valence-electron chi connectivity index (χ2n) is 3.77. The zero-order chi connectivity index (χ0) is 14.7. The molecule has 20 heavy (non-hydrogen) atoms. The summed E-state index contributed by atoms with van der Waals surface area (Å²) in [6.45, 7) is 0.0664. The SMILES string of the molecule is NNc1cnc(Cn2cc([N+](=O)[O-])cc(Br)c2=O)cn1. The van der Waals surface area contributed by atoms with Gasteiger partial charge in [0.2, 0.25) is 0 Å². The van der Waals surface area contributed by atoms with Crippen LogP contribution in [0.2, 0.25) is 0 Å². The zero-order valence-corrected chi connectivity index (χ0v) is 11.6. The largest absolute Gasteiger partial charge is 0.307 e. The van der Waals surface area contributed by atoms with Gasteiger partial charge in [-0.05, 0) is 15.9 Å². The number of aromatic nitrogens is 3. The molecule has 0 aliphatic rings. The molecule has 104 valence electrons. The number of nitrogens with one attached hydrogen (secondary N) is 1. The van der Waals surface area contributed by atoms with Crippen molar-refractivity contribution in [2.24, 2.45) is 5.84 Å². The number of nitro groups is 1. The first kappa shape index (κ1) is 14.1. The molecule has 0 saturated carbocycles. The number of halogens is 1. The smallest absolute Gasteiger partial charge is 0.286 e. The molecular formula is C10H9BrN6O3. The quantitative estimate of drug-likeness (QED) is 0.474. The number of anilines is 1. The van der Waals surface area contributed by atoms with E-state index in [0.29, 0.717) is 11.5 Å². The molecule has 0 fully saturated rings. The average Bonchev–Trinajstić information content (AvgIpc) is 2.44. The van der Waals surface area contributed by atoms with E-state index in [2.05, 4.69) is 31.3 Å². The Hall–Kier alpha value is -2.33. The lowest BCUT2D eigenvalue weighted by Gasteiger charge is -2.06. The number of hydrogen-bond donors (Lipinski definition) is 2. The molecular weight excluding hydrogens is 332 g/mol. The van der Waals surface area contributed by atoms with Crippen LogP contribution in [0, 0.1) is 10.1 Å². The normalized spacial score (nSPS) is 10.3. The third kappa shape index (κ3) is 2.97. The van der Waals surface area contributed by atoms with Crippen LogP contribution >= 0.6 is 15.9 Å². The van der Waals surface area contributed by atoms with Gasteiger partial charge in [-0.2, -0.15) is 0 Å². The molecule has 0 bridgehead atoms. The minimum atomic E-state index is -0.576. The Morgan fingerprint density at radius 3 is 2.75 bits per heavy atom. The summed E-state index contributed by atoms with van der Waals surface area (Å²) in [6, 6.07) is 1.16. The fraction of sp³-hybridized carbons (Fsp3) is 0.100. The van der Waals surface area contributed by atoms with E-state index >= 15 is 0 Å². The van der Waals surface area contributed by atoms with Crippen LogP contribution in [0.25, 0.3) is 0 Å². The molecule has 2 aromatic heterocycles. The van der Waals surface area contributed by atoms with Crippen LogP contribution in [0.15, 0.2) is 33.9 Å². The van der Waals surface area contributed by atoms with Gasteiger partial charge in [-0.15, -0.1) is 0 Å². The molecule has 0 amide bonds. The molecule has 10 heteroatoms. The second-order valence-corrected chi connectivity index (χ2v) is 4.63. The summed E-state index contributed by atoms with van der Waals surface area (Å²) in [6.07, 6.45) is 3.98. The van der Waals surface area contributed by atoms with Crippen LogP contribution in [0.1, 0.15) is 5.69 Å². The Kier molecular flexibility index (Phi) is 4.05. The maximum atomic E-state index is 11.9. The van der Waals surface area contributed by atoms with Crippen molar-refractivity contribution in [1.82, 2.24) is 14.5 Å². The maximum absolute atomic E-state index is 11.9. The summed E-state index contributed by atoms with van der Waals surface area (Å²) in [5.74, 6) is 5.54. The molecule has 2 heterocycles. The van der Waals surface area contributed by atoms with Gasteiger partial charge in [0, 0.05) is 6.07 Å². The summed E-state index contributed by atoms with van der Waals surface area (Å²) in [5.41, 5.74) is 2.21. The van der Waals surface area contributed by atoms with Crippen LogP contribution in [0.3, 0.4) is 0 Å². The standard InChI is InChI=1S/C10H9BrN6O3/c11-8-1-7(17(19)20)5-16(10(8)18)4-6-2-14-9(15-12)3-13-6/h1-3,5H,4,12H2,(H,14,15). The predicted octanol–water partition coefficient (Wildman–Crippen LogP) is 0.643. The van der Waals surface area contributed by atoms with E-state index in [-0.39, 0.29) is 16.7 Å². The van der Waals surface area contributed by atoms with Crippen molar-refractivity contribution < 1.29 is 4.92 Å². The van der Waals surface area contributed by atoms with Crippen LogP contribution in [-0.4, -0.2) is 19.5 Å². The van der Waals surface area contributed by atoms with Crippen LogP contribution < -0.4 is 16.8 Å². The molecule has 0 saturated heterocycles. The minimum Gasteiger partial charge on any atom is -0.307 e. The Morgan fingerprint density at radius 1 is 1.45 bits per heavy atom. The fourth-order valence-electron chi connectivity index (χ4n) is 1.49. The van der Waals surface area contributed by atoms with Crippen molar-refractivity contribution in [1.29, 1.82) is 0 Å². The van der Waals surface area contributed by atoms with Crippen molar-refractivity contribution >= 4 is 27.4 Å². The number of nitrogen functional groups attached to an aromatic ring is 1. The maximum Gasteiger partial charge on any atom is 0.286 e. The molecule has 3 N–H and O–H groups in total. The highest BCUT2D eigenvalue weighted by atomic mass is 79.9. The molecule has 0 unspecified atom stereocenters. The monoisotopic (exact) mass is 340 g/mol. The van der Waals surface area contributed by atoms with Crippen molar-refractivity contribution in [3.05, 3.63) is 55.3 Å². The van der Waals surface area contributed by atoms with E-state index in [4.69, 9.17) is 5.84 Å². The van der Waals surface area contributed by atoms with Crippen molar-refractivity contribution in [3.8, 4) is 0 Å². The van der Waals surface area contributed by atoms with Crippen LogP contribution in [0.4, 0.5) is 11.5 Å². The lowest BCUT2D eigenvalue weighted by molar-refractivity contribution is -0.385. The van der Waals surface area contributed by atoms with Crippen molar-refractivity contribution in [3.63, 3.8) is 0 Å². The third-order valence-electron chi connectivity index (χ3n) is 2.42. The highest BCUT2D eigenvalue weighted by molar-refractivity contribution is 9.10. The second kappa shape index (κ2) is 5.75. The van der Waals surface area contributed by atoms with Gasteiger partial charge in [-0.25, -0.2) is 10.8 Å². The van der Waals surface area contributed by atoms with E-state index in [1.165, 1.54) is 17.0 Å². The van der Waals surface area contributed by atoms with E-state index in [0.717, 1.165) is 12.3 Å². The highest BCUT2D eigenvalue weighted by Gasteiger charge is 2.12. The average molecular weight is 341 g/mol. The summed E-state index contributed by atoms with van der Waals surface area (Å²) in [7, 11) is 0. The first-order chi connectivity index (χ1) is 9.51. The van der Waals surface area contributed by atoms with Gasteiger partial charge in [0.05, 0.1) is 40.2 Å². The molecule has 2 rings (SSSR count). The van der Waals surface area contributed by atoms with E-state index in [1.54, 1.807) is 0 Å². The Labute approximate surface area is 120 Å². The zero-order valence-electron chi connectivity index (χ0n) is 9.99. The number of pyridine rings is 1. The fourth-order valence-corrected chi connectivity index (χ4v) is 1.95. The Bertz CT molecular complexity index is 699. The number of nitrogens with zero attached hydrogens (tertiary/aromatic N) is 4. The lowest BCUT2D eigenvalue weighted by atomic mass is 10.3. The number of hydrazine groups is 1. The first-order valence-corrected chi connectivity index (χ1v) is 6.12. The number of hydrogen-bond acceptors (Lipinski definition) is 7. The summed E-state index contributed by atoms with van der Waals surface area (Å²) in [5, 5.41) is 10.8. The number of rotatable bonds is 4. The molecule has 0 spiro atoms. The van der Waals surface area contributed by atoms with Gasteiger partial charge >= 0.3 is 0 Å². The molecule has 9 nitrogen and oxygen atoms in total. The Morgan fingerprint density at radius 2 is 2.20 bits per heavy atom. The molecule has 0 aliphatic carbocycles. The minimum absolute atomic E-state index is 0.0664.